The molecule has 132 heavy (non-hydrogen) atoms. The Kier molecular flexibility index (Phi) is 18.4. The third-order valence-corrected chi connectivity index (χ3v) is 34.8. The molecule has 8 heteroatoms. The van der Waals surface area contributed by atoms with Gasteiger partial charge in [0.2, 0.25) is 0 Å². The number of nitrogens with zero attached hydrogens (tertiary/aromatic N) is 4. The van der Waals surface area contributed by atoms with Crippen molar-refractivity contribution in [3.8, 4) is 67.5 Å². The molecule has 24 rings (SSSR count). The Hall–Kier alpha value is -13.8. The fourth-order valence-electron chi connectivity index (χ4n) is 23.5. The first-order chi connectivity index (χ1) is 63.2. The maximum Gasteiger partial charge on any atom is 0.139 e. The molecule has 6 aliphatic rings. The Morgan fingerprint density at radius 2 is 0.386 bits per heavy atom. The van der Waals surface area contributed by atoms with Gasteiger partial charge in [0.15, 0.2) is 0 Å². The van der Waals surface area contributed by atoms with Gasteiger partial charge >= 0.3 is 0 Å². The van der Waals surface area contributed by atoms with Crippen LogP contribution in [-0.2, 0) is 32.5 Å². The molecule has 2 aromatic heterocycles. The predicted octanol–water partition coefficient (Wildman–Crippen LogP) is 33.7. The molecular weight excluding hydrogens is 1630 g/mol. The van der Waals surface area contributed by atoms with Crippen molar-refractivity contribution in [2.75, 3.05) is 19.6 Å². The van der Waals surface area contributed by atoms with E-state index in [1.807, 2.05) is 0 Å². The zero-order chi connectivity index (χ0) is 91.0. The van der Waals surface area contributed by atoms with E-state index in [4.69, 9.17) is 8.83 Å². The van der Waals surface area contributed by atoms with Gasteiger partial charge in [0, 0.05) is 145 Å². The topological polar surface area (TPSA) is 39.2 Å². The van der Waals surface area contributed by atoms with Crippen molar-refractivity contribution < 1.29 is 8.83 Å². The average molecular weight is 1750 g/mol. The summed E-state index contributed by atoms with van der Waals surface area (Å²) in [4.78, 5) is 9.73. The van der Waals surface area contributed by atoms with Gasteiger partial charge in [-0.1, -0.05) is 315 Å². The fraction of sp³-hybridized carbons (Fsp3) is 0.194. The Morgan fingerprint density at radius 3 is 0.674 bits per heavy atom. The number of fused-ring (bicyclic) bond motifs is 22. The van der Waals surface area contributed by atoms with Crippen LogP contribution in [0.4, 0.5) is 68.2 Å². The minimum absolute atomic E-state index is 0.113. The van der Waals surface area contributed by atoms with E-state index in [9.17, 15) is 0 Å². The second kappa shape index (κ2) is 29.4. The minimum Gasteiger partial charge on any atom is -0.455 e. The van der Waals surface area contributed by atoms with Crippen molar-refractivity contribution >= 4 is 116 Å². The highest BCUT2D eigenvalue weighted by atomic mass is 28.3. The number of anilines is 12. The first-order valence-corrected chi connectivity index (χ1v) is 54.2. The quantitative estimate of drug-likeness (QED) is 0.101. The number of hydrogen-bond acceptors (Lipinski definition) is 6. The molecule has 0 amide bonds. The van der Waals surface area contributed by atoms with Gasteiger partial charge in [-0.05, 0) is 258 Å². The van der Waals surface area contributed by atoms with E-state index in [1.165, 1.54) is 166 Å². The van der Waals surface area contributed by atoms with E-state index in [1.54, 1.807) is 0 Å². The summed E-state index contributed by atoms with van der Waals surface area (Å²) in [5, 5.41) is 7.84. The van der Waals surface area contributed by atoms with Gasteiger partial charge in [-0.3, -0.25) is 0 Å². The number of hydrogen-bond donors (Lipinski definition) is 0. The molecule has 0 bridgehead atoms. The maximum absolute atomic E-state index is 7.31. The SMILES string of the molecule is CC1(C)c2cc(N(c3ccccc3)c3ccc4ccccc4c3)ccc2-c2oc3c(c21)C(C)(C)c1cc(N(c2ccccc2)c2ccc4ccccc4c2)ccc1-3.CC1(C)c2ccccc2-c2ccc(N(c3ccc([Si](C)(C)C)cc3)c3ccc4c(c3)C(C)(C)c3c-4oc4c3C(C)(C)c3cc(N(c5ccc([Si](C)(C)C)cc5)c5ccc6c(c5)C(C)(C)c5ccccc5-6)ccc3-4)cc21. The molecule has 0 saturated heterocycles. The van der Waals surface area contributed by atoms with E-state index in [0.717, 1.165) is 68.5 Å². The monoisotopic (exact) mass is 1740 g/mol. The third-order valence-electron chi connectivity index (χ3n) is 30.7. The van der Waals surface area contributed by atoms with Gasteiger partial charge in [0.25, 0.3) is 0 Å². The minimum atomic E-state index is -1.52. The van der Waals surface area contributed by atoms with Crippen LogP contribution >= 0.6 is 0 Å². The molecule has 0 atom stereocenters. The average Bonchev–Trinajstić information content (AvgIpc) is 1.52. The first-order valence-electron chi connectivity index (χ1n) is 47.2. The lowest BCUT2D eigenvalue weighted by Gasteiger charge is -2.31. The van der Waals surface area contributed by atoms with Crippen LogP contribution in [0.1, 0.15) is 150 Å². The Bertz CT molecular complexity index is 7340. The van der Waals surface area contributed by atoms with E-state index in [0.29, 0.717) is 0 Å². The normalized spacial score (nSPS) is 15.4. The van der Waals surface area contributed by atoms with Crippen molar-refractivity contribution in [2.45, 2.75) is 155 Å². The van der Waals surface area contributed by atoms with Crippen molar-refractivity contribution in [3.63, 3.8) is 0 Å². The van der Waals surface area contributed by atoms with Crippen LogP contribution in [0.3, 0.4) is 0 Å². The summed E-state index contributed by atoms with van der Waals surface area (Å²) in [5.41, 5.74) is 38.4. The Labute approximate surface area is 780 Å². The van der Waals surface area contributed by atoms with Crippen LogP contribution < -0.4 is 30.0 Å². The molecule has 6 nitrogen and oxygen atoms in total. The van der Waals surface area contributed by atoms with Gasteiger partial charge < -0.3 is 28.4 Å². The summed E-state index contributed by atoms with van der Waals surface area (Å²) >= 11 is 0. The molecule has 0 unspecified atom stereocenters. The lowest BCUT2D eigenvalue weighted by Crippen LogP contribution is -2.37. The standard InChI is InChI=1S/C70H70N2OSi2.C54H42N2O/c1-67(2)57-21-17-15-19-51(57)53-35-27-45(39-59(53)67)71(43-23-31-49(32-24-43)74(9,10)11)47-29-37-55-61(41-47)69(5,6)63-64-66(73-65(55)63)56-38-30-48(42-62(56)70(64,7)8)72(44-25-33-50(34-26-44)75(12,13)14)46-28-36-54-52-20-16-18-22-58(52)68(3,4)60(54)40-46;1-53(2)47-33-43(55(39-19-7-5-8-20-39)41-25-23-35-15-11-13-17-37(35)31-41)27-29-45(47)51-49(53)50-52(57-51)46-30-28-44(34-48(46)54(50,3)4)56(40-21-9-6-10-22-40)42-26-24-36-16-12-14-18-38(36)32-42/h15-42H,1-14H3;5-34H,1-4H3. The summed E-state index contributed by atoms with van der Waals surface area (Å²) in [6.45, 7) is 43.3. The van der Waals surface area contributed by atoms with Gasteiger partial charge in [-0.25, -0.2) is 0 Å². The van der Waals surface area contributed by atoms with E-state index >= 15 is 0 Å². The summed E-state index contributed by atoms with van der Waals surface area (Å²) in [5.74, 6) is 4.05. The number of benzene rings is 16. The highest BCUT2D eigenvalue weighted by molar-refractivity contribution is 6.89. The third kappa shape index (κ3) is 12.6. The molecule has 0 aliphatic heterocycles. The van der Waals surface area contributed by atoms with Gasteiger partial charge in [0.1, 0.15) is 23.0 Å². The maximum atomic E-state index is 7.31. The van der Waals surface area contributed by atoms with E-state index in [2.05, 4.69) is 494 Å². The molecule has 0 radical (unpaired) electrons. The summed E-state index contributed by atoms with van der Waals surface area (Å²) in [7, 11) is -3.04. The Morgan fingerprint density at radius 1 is 0.174 bits per heavy atom. The molecule has 18 aromatic rings. The molecule has 2 heterocycles. The van der Waals surface area contributed by atoms with Crippen molar-refractivity contribution in [2.24, 2.45) is 0 Å². The van der Waals surface area contributed by atoms with Crippen LogP contribution in [0, 0.1) is 0 Å². The molecule has 0 saturated carbocycles. The van der Waals surface area contributed by atoms with Crippen molar-refractivity contribution in [3.05, 3.63) is 419 Å². The summed E-state index contributed by atoms with van der Waals surface area (Å²) < 4.78 is 14.4. The smallest absolute Gasteiger partial charge is 0.139 e. The number of furan rings is 2. The molecule has 0 fully saturated rings. The molecule has 6 aliphatic carbocycles. The first kappa shape index (κ1) is 82.6. The molecular formula is C124H112N4O2Si2. The lowest BCUT2D eigenvalue weighted by atomic mass is 9.74. The summed E-state index contributed by atoms with van der Waals surface area (Å²) in [6.07, 6.45) is 0. The molecule has 16 aromatic carbocycles. The largest absolute Gasteiger partial charge is 0.455 e. The van der Waals surface area contributed by atoms with Crippen molar-refractivity contribution in [1.82, 2.24) is 0 Å². The van der Waals surface area contributed by atoms with Gasteiger partial charge in [-0.15, -0.1) is 0 Å². The summed E-state index contributed by atoms with van der Waals surface area (Å²) in [6, 6.07) is 131. The fourth-order valence-corrected chi connectivity index (χ4v) is 25.9. The second-order valence-electron chi connectivity index (χ2n) is 42.9. The highest BCUT2D eigenvalue weighted by Crippen LogP contribution is 2.66. The lowest BCUT2D eigenvalue weighted by molar-refractivity contribution is 0.592. The van der Waals surface area contributed by atoms with E-state index in [-0.39, 0.29) is 32.5 Å². The van der Waals surface area contributed by atoms with Crippen molar-refractivity contribution in [1.29, 1.82) is 0 Å². The molecule has 0 N–H and O–H groups in total. The van der Waals surface area contributed by atoms with E-state index < -0.39 is 16.1 Å². The van der Waals surface area contributed by atoms with Gasteiger partial charge in [-0.2, -0.15) is 0 Å². The Balaban J connectivity index is 0.000000155. The number of rotatable bonds is 14. The van der Waals surface area contributed by atoms with Crippen LogP contribution in [0.5, 0.6) is 0 Å². The number of para-hydroxylation sites is 2. The molecule has 0 spiro atoms. The van der Waals surface area contributed by atoms with Crippen LogP contribution in [-0.4, -0.2) is 16.1 Å². The van der Waals surface area contributed by atoms with Crippen LogP contribution in [0.2, 0.25) is 39.3 Å². The molecule has 648 valence electrons. The van der Waals surface area contributed by atoms with Crippen LogP contribution in [0.15, 0.2) is 361 Å². The van der Waals surface area contributed by atoms with Gasteiger partial charge in [0.05, 0.1) is 16.1 Å². The highest BCUT2D eigenvalue weighted by Gasteiger charge is 2.53. The predicted molar refractivity (Wildman–Crippen MR) is 563 cm³/mol. The zero-order valence-corrected chi connectivity index (χ0v) is 81.1. The second-order valence-corrected chi connectivity index (χ2v) is 53.1. The zero-order valence-electron chi connectivity index (χ0n) is 79.1. The van der Waals surface area contributed by atoms with Crippen LogP contribution in [0.25, 0.3) is 89.1 Å².